The number of carbonyl (C=O) groups excluding carboxylic acids is 1. The number of amides is 1. The first-order valence-electron chi connectivity index (χ1n) is 12.3. The number of thiophene rings is 1. The van der Waals surface area contributed by atoms with Crippen molar-refractivity contribution in [3.05, 3.63) is 69.1 Å². The zero-order chi connectivity index (χ0) is 25.5. The molecule has 0 aliphatic heterocycles. The van der Waals surface area contributed by atoms with Gasteiger partial charge in [0.2, 0.25) is 0 Å². The Balaban J connectivity index is 1.69. The summed E-state index contributed by atoms with van der Waals surface area (Å²) in [4.78, 5) is 19.8. The Morgan fingerprint density at radius 2 is 1.92 bits per heavy atom. The van der Waals surface area contributed by atoms with Gasteiger partial charge in [0.25, 0.3) is 5.91 Å². The number of nitrogens with zero attached hydrogens (tertiary/aromatic N) is 1. The van der Waals surface area contributed by atoms with Gasteiger partial charge in [0.05, 0.1) is 12.7 Å². The molecule has 6 heteroatoms. The maximum Gasteiger partial charge on any atom is 0.259 e. The summed E-state index contributed by atoms with van der Waals surface area (Å²) in [6, 6.07) is 11.7. The van der Waals surface area contributed by atoms with E-state index in [2.05, 4.69) is 17.3 Å². The molecule has 0 spiro atoms. The van der Waals surface area contributed by atoms with E-state index < -0.39 is 0 Å². The molecule has 1 aromatic heterocycles. The molecule has 0 saturated carbocycles. The summed E-state index contributed by atoms with van der Waals surface area (Å²) in [5, 5.41) is 3.91. The number of fused-ring (bicyclic) bond motifs is 1. The maximum absolute atomic E-state index is 13.7. The van der Waals surface area contributed by atoms with Gasteiger partial charge in [-0.25, -0.2) is 4.99 Å². The first-order chi connectivity index (χ1) is 17.5. The summed E-state index contributed by atoms with van der Waals surface area (Å²) >= 11 is 1.64. The van der Waals surface area contributed by atoms with Crippen molar-refractivity contribution in [2.75, 3.05) is 19.0 Å². The SMILES string of the molecule is C#CCOc1ccc(C=Nc2sc3c(c2C(=O)Nc2cc(C)ccc2C)CCCCCC3)cc1OC. The quantitative estimate of drug-likeness (QED) is 0.279. The molecule has 36 heavy (non-hydrogen) atoms. The van der Waals surface area contributed by atoms with E-state index >= 15 is 0 Å². The summed E-state index contributed by atoms with van der Waals surface area (Å²) in [7, 11) is 1.59. The van der Waals surface area contributed by atoms with Crippen LogP contribution in [0.4, 0.5) is 10.7 Å². The number of nitrogens with one attached hydrogen (secondary N) is 1. The molecule has 0 fully saturated rings. The Morgan fingerprint density at radius 1 is 1.11 bits per heavy atom. The van der Waals surface area contributed by atoms with E-state index in [9.17, 15) is 4.79 Å². The van der Waals surface area contributed by atoms with Crippen LogP contribution in [0.2, 0.25) is 0 Å². The first kappa shape index (κ1) is 25.5. The minimum Gasteiger partial charge on any atom is -0.493 e. The number of aliphatic imine (C=N–C) groups is 1. The molecule has 3 aromatic rings. The minimum atomic E-state index is -0.0930. The van der Waals surface area contributed by atoms with Crippen LogP contribution < -0.4 is 14.8 Å². The second kappa shape index (κ2) is 11.9. The Morgan fingerprint density at radius 3 is 2.69 bits per heavy atom. The number of methoxy groups -OCH3 is 1. The standard InChI is InChI=1S/C30H32N2O3S/c1-5-16-35-25-15-14-22(18-26(25)34-4)19-31-30-28(23-10-8-6-7-9-11-27(23)36-30)29(33)32-24-17-20(2)12-13-21(24)3/h1,12-15,17-19H,6-11,16H2,2-4H3,(H,32,33). The number of hydrogen-bond donors (Lipinski definition) is 1. The van der Waals surface area contributed by atoms with Crippen LogP contribution in [0.1, 0.15) is 63.2 Å². The summed E-state index contributed by atoms with van der Waals surface area (Å²) in [5.74, 6) is 3.54. The lowest BCUT2D eigenvalue weighted by Crippen LogP contribution is -2.15. The van der Waals surface area contributed by atoms with Crippen molar-refractivity contribution in [1.82, 2.24) is 0 Å². The number of anilines is 1. The average Bonchev–Trinajstić information content (AvgIpc) is 3.20. The molecule has 4 rings (SSSR count). The van der Waals surface area contributed by atoms with Crippen molar-refractivity contribution in [2.24, 2.45) is 4.99 Å². The Kier molecular flexibility index (Phi) is 8.45. The molecule has 2 aromatic carbocycles. The van der Waals surface area contributed by atoms with E-state index in [4.69, 9.17) is 20.9 Å². The highest BCUT2D eigenvalue weighted by molar-refractivity contribution is 7.16. The monoisotopic (exact) mass is 500 g/mol. The third-order valence-electron chi connectivity index (χ3n) is 6.35. The molecule has 0 atom stereocenters. The fraction of sp³-hybridized carbons (Fsp3) is 0.333. The van der Waals surface area contributed by atoms with Crippen molar-refractivity contribution in [3.63, 3.8) is 0 Å². The second-order valence-electron chi connectivity index (χ2n) is 9.03. The van der Waals surface area contributed by atoms with Crippen LogP contribution in [-0.4, -0.2) is 25.8 Å². The van der Waals surface area contributed by atoms with Gasteiger partial charge in [-0.1, -0.05) is 30.9 Å². The largest absolute Gasteiger partial charge is 0.493 e. The third-order valence-corrected chi connectivity index (χ3v) is 7.55. The van der Waals surface area contributed by atoms with Crippen LogP contribution in [0, 0.1) is 26.2 Å². The molecule has 0 unspecified atom stereocenters. The fourth-order valence-corrected chi connectivity index (χ4v) is 5.65. The fourth-order valence-electron chi connectivity index (χ4n) is 4.42. The Labute approximate surface area is 217 Å². The van der Waals surface area contributed by atoms with Crippen molar-refractivity contribution in [1.29, 1.82) is 0 Å². The van der Waals surface area contributed by atoms with Crippen LogP contribution in [0.25, 0.3) is 0 Å². The smallest absolute Gasteiger partial charge is 0.259 e. The molecule has 5 nitrogen and oxygen atoms in total. The number of carbonyl (C=O) groups is 1. The molecule has 1 amide bonds. The molecule has 0 saturated heterocycles. The van der Waals surface area contributed by atoms with E-state index in [1.54, 1.807) is 24.7 Å². The second-order valence-corrected chi connectivity index (χ2v) is 10.1. The Hall–Kier alpha value is -3.56. The molecular formula is C30H32N2O3S. The predicted molar refractivity (Wildman–Crippen MR) is 149 cm³/mol. The van der Waals surface area contributed by atoms with Gasteiger partial charge in [-0.3, -0.25) is 4.79 Å². The number of aryl methyl sites for hydroxylation is 3. The molecular weight excluding hydrogens is 468 g/mol. The summed E-state index contributed by atoms with van der Waals surface area (Å²) < 4.78 is 11.0. The summed E-state index contributed by atoms with van der Waals surface area (Å²) in [6.45, 7) is 4.21. The highest BCUT2D eigenvalue weighted by Gasteiger charge is 2.24. The van der Waals surface area contributed by atoms with Crippen molar-refractivity contribution in [2.45, 2.75) is 52.4 Å². The lowest BCUT2D eigenvalue weighted by atomic mass is 9.96. The normalized spacial score (nSPS) is 13.4. The van der Waals surface area contributed by atoms with Crippen LogP contribution in [0.3, 0.4) is 0 Å². The highest BCUT2D eigenvalue weighted by Crippen LogP contribution is 2.39. The maximum atomic E-state index is 13.7. The highest BCUT2D eigenvalue weighted by atomic mass is 32.1. The topological polar surface area (TPSA) is 59.9 Å². The van der Waals surface area contributed by atoms with Gasteiger partial charge in [-0.2, -0.15) is 0 Å². The van der Waals surface area contributed by atoms with Gasteiger partial charge < -0.3 is 14.8 Å². The average molecular weight is 501 g/mol. The van der Waals surface area contributed by atoms with Gasteiger partial charge in [0, 0.05) is 16.8 Å². The van der Waals surface area contributed by atoms with Crippen molar-refractivity contribution >= 4 is 34.1 Å². The summed E-state index contributed by atoms with van der Waals surface area (Å²) in [5.41, 5.74) is 5.70. The van der Waals surface area contributed by atoms with Crippen molar-refractivity contribution < 1.29 is 14.3 Å². The summed E-state index contributed by atoms with van der Waals surface area (Å²) in [6.07, 6.45) is 13.6. The van der Waals surface area contributed by atoms with Gasteiger partial charge in [0.1, 0.15) is 11.6 Å². The zero-order valence-corrected chi connectivity index (χ0v) is 22.0. The van der Waals surface area contributed by atoms with Crippen LogP contribution in [0.5, 0.6) is 11.5 Å². The molecule has 1 aliphatic carbocycles. The molecule has 1 N–H and O–H groups in total. The third kappa shape index (κ3) is 5.98. The lowest BCUT2D eigenvalue weighted by molar-refractivity contribution is 0.102. The molecule has 0 bridgehead atoms. The van der Waals surface area contributed by atoms with E-state index in [0.717, 1.165) is 58.6 Å². The van der Waals surface area contributed by atoms with Crippen LogP contribution >= 0.6 is 11.3 Å². The van der Waals surface area contributed by atoms with Crippen LogP contribution in [-0.2, 0) is 12.8 Å². The van der Waals surface area contributed by atoms with E-state index in [1.165, 1.54) is 17.7 Å². The van der Waals surface area contributed by atoms with E-state index in [-0.39, 0.29) is 12.5 Å². The number of hydrogen-bond acceptors (Lipinski definition) is 5. The number of rotatable bonds is 7. The van der Waals surface area contributed by atoms with Gasteiger partial charge in [-0.15, -0.1) is 17.8 Å². The number of terminal acetylenes is 1. The predicted octanol–water partition coefficient (Wildman–Crippen LogP) is 7.05. The number of ether oxygens (including phenoxy) is 2. The van der Waals surface area contributed by atoms with Gasteiger partial charge in [0.15, 0.2) is 11.5 Å². The number of benzene rings is 2. The van der Waals surface area contributed by atoms with E-state index in [1.807, 2.05) is 44.2 Å². The zero-order valence-electron chi connectivity index (χ0n) is 21.1. The van der Waals surface area contributed by atoms with Crippen LogP contribution in [0.15, 0.2) is 41.4 Å². The van der Waals surface area contributed by atoms with Gasteiger partial charge >= 0.3 is 0 Å². The van der Waals surface area contributed by atoms with E-state index in [0.29, 0.717) is 17.1 Å². The van der Waals surface area contributed by atoms with Gasteiger partial charge in [-0.05, 0) is 86.1 Å². The Bertz CT molecular complexity index is 1320. The molecule has 1 aliphatic rings. The minimum absolute atomic E-state index is 0.0930. The van der Waals surface area contributed by atoms with Crippen molar-refractivity contribution in [3.8, 4) is 23.8 Å². The molecule has 186 valence electrons. The molecule has 1 heterocycles. The molecule has 0 radical (unpaired) electrons. The lowest BCUT2D eigenvalue weighted by Gasteiger charge is -2.13. The first-order valence-corrected chi connectivity index (χ1v) is 13.1.